The molecule has 0 unspecified atom stereocenters. The van der Waals surface area contributed by atoms with Crippen LogP contribution in [0.4, 0.5) is 5.82 Å². The van der Waals surface area contributed by atoms with Gasteiger partial charge in [0, 0.05) is 31.0 Å². The third kappa shape index (κ3) is 4.59. The zero-order valence-corrected chi connectivity index (χ0v) is 14.7. The third-order valence-corrected chi connectivity index (χ3v) is 3.94. The van der Waals surface area contributed by atoms with Crippen LogP contribution in [-0.4, -0.2) is 14.8 Å². The van der Waals surface area contributed by atoms with Gasteiger partial charge in [-0.2, -0.15) is 5.10 Å². The molecule has 3 rings (SSSR count). The van der Waals surface area contributed by atoms with Crippen LogP contribution in [0.1, 0.15) is 37.5 Å². The molecule has 2 heterocycles. The van der Waals surface area contributed by atoms with Crippen molar-refractivity contribution in [1.29, 1.82) is 0 Å². The van der Waals surface area contributed by atoms with Crippen molar-refractivity contribution in [2.24, 2.45) is 0 Å². The van der Waals surface area contributed by atoms with Gasteiger partial charge in [-0.05, 0) is 31.0 Å². The van der Waals surface area contributed by atoms with E-state index < -0.39 is 0 Å². The summed E-state index contributed by atoms with van der Waals surface area (Å²) < 4.78 is 8.08. The zero-order valence-electron chi connectivity index (χ0n) is 14.7. The highest BCUT2D eigenvalue weighted by Gasteiger charge is 2.11. The number of hydrogen-bond acceptors (Lipinski definition) is 4. The van der Waals surface area contributed by atoms with Crippen LogP contribution in [0, 0.1) is 0 Å². The van der Waals surface area contributed by atoms with Crippen LogP contribution < -0.4 is 10.1 Å². The molecule has 0 spiro atoms. The SMILES string of the molecule is CCCn1cc(CNc2ncccc2O[C@H](C)c2ccccc2)cn1. The lowest BCUT2D eigenvalue weighted by Crippen LogP contribution is -2.07. The number of nitrogens with zero attached hydrogens (tertiary/aromatic N) is 3. The highest BCUT2D eigenvalue weighted by atomic mass is 16.5. The number of benzene rings is 1. The smallest absolute Gasteiger partial charge is 0.169 e. The Hall–Kier alpha value is -2.82. The van der Waals surface area contributed by atoms with Crippen molar-refractivity contribution in [3.63, 3.8) is 0 Å². The number of nitrogens with one attached hydrogen (secondary N) is 1. The molecule has 0 aliphatic carbocycles. The second kappa shape index (κ2) is 8.33. The summed E-state index contributed by atoms with van der Waals surface area (Å²) in [5.41, 5.74) is 2.26. The van der Waals surface area contributed by atoms with Crippen LogP contribution in [0.5, 0.6) is 5.75 Å². The number of hydrogen-bond donors (Lipinski definition) is 1. The standard InChI is InChI=1S/C20H24N4O/c1-3-12-24-15-17(14-23-24)13-22-20-19(10-7-11-21-20)25-16(2)18-8-5-4-6-9-18/h4-11,14-16H,3,12-13H2,1-2H3,(H,21,22)/t16-/m1/s1. The van der Waals surface area contributed by atoms with E-state index in [2.05, 4.69) is 40.7 Å². The Bertz CT molecular complexity index is 785. The number of aromatic nitrogens is 3. The van der Waals surface area contributed by atoms with Gasteiger partial charge in [-0.15, -0.1) is 0 Å². The van der Waals surface area contributed by atoms with Gasteiger partial charge in [-0.3, -0.25) is 4.68 Å². The Morgan fingerprint density at radius 1 is 1.16 bits per heavy atom. The molecule has 0 bridgehead atoms. The second-order valence-electron chi connectivity index (χ2n) is 5.99. The molecular formula is C20H24N4O. The summed E-state index contributed by atoms with van der Waals surface area (Å²) in [6.45, 7) is 5.79. The average Bonchev–Trinajstić information content (AvgIpc) is 3.09. The lowest BCUT2D eigenvalue weighted by molar-refractivity contribution is 0.227. The molecule has 0 radical (unpaired) electrons. The molecule has 3 aromatic rings. The summed E-state index contributed by atoms with van der Waals surface area (Å²) in [7, 11) is 0. The highest BCUT2D eigenvalue weighted by Crippen LogP contribution is 2.27. The van der Waals surface area contributed by atoms with Crippen LogP contribution >= 0.6 is 0 Å². The highest BCUT2D eigenvalue weighted by molar-refractivity contribution is 5.50. The number of pyridine rings is 1. The fourth-order valence-corrected chi connectivity index (χ4v) is 2.64. The Balaban J connectivity index is 1.66. The molecule has 0 aliphatic heterocycles. The van der Waals surface area contributed by atoms with Crippen molar-refractivity contribution in [3.05, 3.63) is 72.2 Å². The Kier molecular flexibility index (Phi) is 5.67. The first-order valence-electron chi connectivity index (χ1n) is 8.68. The van der Waals surface area contributed by atoms with Crippen LogP contribution in [0.2, 0.25) is 0 Å². The van der Waals surface area contributed by atoms with Crippen molar-refractivity contribution in [1.82, 2.24) is 14.8 Å². The van der Waals surface area contributed by atoms with Crippen molar-refractivity contribution < 1.29 is 4.74 Å². The normalized spacial score (nSPS) is 11.9. The van der Waals surface area contributed by atoms with E-state index in [-0.39, 0.29) is 6.10 Å². The fraction of sp³-hybridized carbons (Fsp3) is 0.300. The van der Waals surface area contributed by atoms with E-state index in [0.29, 0.717) is 6.54 Å². The van der Waals surface area contributed by atoms with Gasteiger partial charge in [0.25, 0.3) is 0 Å². The maximum Gasteiger partial charge on any atom is 0.169 e. The summed E-state index contributed by atoms with van der Waals surface area (Å²) in [5.74, 6) is 1.49. The van der Waals surface area contributed by atoms with Crippen molar-refractivity contribution in [2.75, 3.05) is 5.32 Å². The van der Waals surface area contributed by atoms with Crippen molar-refractivity contribution >= 4 is 5.82 Å². The van der Waals surface area contributed by atoms with E-state index in [1.807, 2.05) is 48.1 Å². The summed E-state index contributed by atoms with van der Waals surface area (Å²) in [4.78, 5) is 4.42. The van der Waals surface area contributed by atoms with Crippen molar-refractivity contribution in [2.45, 2.75) is 39.5 Å². The van der Waals surface area contributed by atoms with Gasteiger partial charge in [0.05, 0.1) is 6.20 Å². The first kappa shape index (κ1) is 17.0. The van der Waals surface area contributed by atoms with Gasteiger partial charge >= 0.3 is 0 Å². The number of ether oxygens (including phenoxy) is 1. The number of anilines is 1. The Labute approximate surface area is 148 Å². The van der Waals surface area contributed by atoms with E-state index in [1.165, 1.54) is 0 Å². The summed E-state index contributed by atoms with van der Waals surface area (Å²) >= 11 is 0. The minimum Gasteiger partial charge on any atom is -0.482 e. The van der Waals surface area contributed by atoms with E-state index in [0.717, 1.165) is 35.7 Å². The molecule has 1 aromatic carbocycles. The summed E-state index contributed by atoms with van der Waals surface area (Å²) in [6, 6.07) is 14.0. The molecule has 0 saturated carbocycles. The molecule has 1 N–H and O–H groups in total. The molecule has 0 saturated heterocycles. The maximum atomic E-state index is 6.12. The van der Waals surface area contributed by atoms with Crippen LogP contribution in [0.25, 0.3) is 0 Å². The third-order valence-electron chi connectivity index (χ3n) is 3.94. The molecule has 5 heteroatoms. The molecule has 1 atom stereocenters. The minimum absolute atomic E-state index is 0.0433. The molecule has 25 heavy (non-hydrogen) atoms. The van der Waals surface area contributed by atoms with E-state index >= 15 is 0 Å². The second-order valence-corrected chi connectivity index (χ2v) is 5.99. The molecular weight excluding hydrogens is 312 g/mol. The molecule has 130 valence electrons. The first-order valence-corrected chi connectivity index (χ1v) is 8.68. The van der Waals surface area contributed by atoms with Crippen LogP contribution in [-0.2, 0) is 13.1 Å². The van der Waals surface area contributed by atoms with E-state index in [1.54, 1.807) is 6.20 Å². The zero-order chi connectivity index (χ0) is 17.5. The molecule has 0 amide bonds. The lowest BCUT2D eigenvalue weighted by atomic mass is 10.1. The summed E-state index contributed by atoms with van der Waals surface area (Å²) in [6.07, 6.45) is 6.75. The van der Waals surface area contributed by atoms with Crippen LogP contribution in [0.15, 0.2) is 61.1 Å². The van der Waals surface area contributed by atoms with E-state index in [9.17, 15) is 0 Å². The van der Waals surface area contributed by atoms with Gasteiger partial charge < -0.3 is 10.1 Å². The summed E-state index contributed by atoms with van der Waals surface area (Å²) in [5, 5.41) is 7.71. The van der Waals surface area contributed by atoms with Crippen LogP contribution in [0.3, 0.4) is 0 Å². The number of rotatable bonds is 8. The first-order chi connectivity index (χ1) is 12.3. The quantitative estimate of drug-likeness (QED) is 0.661. The van der Waals surface area contributed by atoms with Gasteiger partial charge in [0.15, 0.2) is 11.6 Å². The molecule has 5 nitrogen and oxygen atoms in total. The predicted molar refractivity (Wildman–Crippen MR) is 99.6 cm³/mol. The minimum atomic E-state index is -0.0433. The lowest BCUT2D eigenvalue weighted by Gasteiger charge is -2.17. The van der Waals surface area contributed by atoms with Gasteiger partial charge in [0.2, 0.25) is 0 Å². The van der Waals surface area contributed by atoms with E-state index in [4.69, 9.17) is 4.74 Å². The monoisotopic (exact) mass is 336 g/mol. The molecule has 0 aliphatic rings. The Morgan fingerprint density at radius 2 is 2.00 bits per heavy atom. The predicted octanol–water partition coefficient (Wildman–Crippen LogP) is 4.44. The average molecular weight is 336 g/mol. The van der Waals surface area contributed by atoms with Gasteiger partial charge in [-0.1, -0.05) is 37.3 Å². The molecule has 0 fully saturated rings. The molecule has 2 aromatic heterocycles. The van der Waals surface area contributed by atoms with Gasteiger partial charge in [-0.25, -0.2) is 4.98 Å². The number of aryl methyl sites for hydroxylation is 1. The largest absolute Gasteiger partial charge is 0.482 e. The topological polar surface area (TPSA) is 52.0 Å². The van der Waals surface area contributed by atoms with Gasteiger partial charge in [0.1, 0.15) is 6.10 Å². The maximum absolute atomic E-state index is 6.12. The van der Waals surface area contributed by atoms with Crippen molar-refractivity contribution in [3.8, 4) is 5.75 Å². The Morgan fingerprint density at radius 3 is 2.80 bits per heavy atom. The fourth-order valence-electron chi connectivity index (χ4n) is 2.64.